The van der Waals surface area contributed by atoms with Gasteiger partial charge in [0, 0.05) is 38.0 Å². The molecule has 1 unspecified atom stereocenters. The second-order valence-electron chi connectivity index (χ2n) is 7.34. The van der Waals surface area contributed by atoms with E-state index < -0.39 is 24.5 Å². The number of hydrogen-bond donors (Lipinski definition) is 1. The Kier molecular flexibility index (Phi) is 6.52. The van der Waals surface area contributed by atoms with Gasteiger partial charge in [-0.25, -0.2) is 13.6 Å². The molecule has 1 saturated heterocycles. The highest BCUT2D eigenvalue weighted by Crippen LogP contribution is 2.34. The second kappa shape index (κ2) is 8.90. The summed E-state index contributed by atoms with van der Waals surface area (Å²) >= 11 is 0. The minimum absolute atomic E-state index is 0. The monoisotopic (exact) mass is 424 g/mol. The lowest BCUT2D eigenvalue weighted by Crippen LogP contribution is -2.53. The standard InChI is InChI=1S/C20H22F2N4O2.ClH/c21-20(22)13-26(9-7-16(20)12-23-18-6-3-8-24-25-18)19(27)28-17-10-14-4-1-2-5-15(14)11-17;/h1-6,8,16-17H,7,9-13H2,(H,23,25);1H. The van der Waals surface area contributed by atoms with E-state index >= 15 is 0 Å². The molecule has 1 atom stereocenters. The molecule has 6 nitrogen and oxygen atoms in total. The van der Waals surface area contributed by atoms with Gasteiger partial charge in [-0.2, -0.15) is 5.10 Å². The summed E-state index contributed by atoms with van der Waals surface area (Å²) in [4.78, 5) is 13.5. The Hall–Kier alpha value is -2.48. The summed E-state index contributed by atoms with van der Waals surface area (Å²) < 4.78 is 34.7. The average molecular weight is 425 g/mol. The van der Waals surface area contributed by atoms with Crippen molar-refractivity contribution in [1.82, 2.24) is 15.1 Å². The number of carbonyl (C=O) groups excluding carboxylic acids is 1. The van der Waals surface area contributed by atoms with Crippen molar-refractivity contribution in [3.63, 3.8) is 0 Å². The number of hydrogen-bond acceptors (Lipinski definition) is 5. The highest BCUT2D eigenvalue weighted by molar-refractivity contribution is 5.85. The third-order valence-electron chi connectivity index (χ3n) is 5.39. The molecular weight excluding hydrogens is 402 g/mol. The van der Waals surface area contributed by atoms with Crippen molar-refractivity contribution in [3.05, 3.63) is 53.7 Å². The average Bonchev–Trinajstić information content (AvgIpc) is 3.09. The van der Waals surface area contributed by atoms with Gasteiger partial charge in [-0.3, -0.25) is 0 Å². The highest BCUT2D eigenvalue weighted by atomic mass is 35.5. The summed E-state index contributed by atoms with van der Waals surface area (Å²) in [6, 6.07) is 11.3. The van der Waals surface area contributed by atoms with Gasteiger partial charge in [0.05, 0.1) is 6.54 Å². The molecule has 1 aromatic carbocycles. The highest BCUT2D eigenvalue weighted by Gasteiger charge is 2.46. The normalized spacial score (nSPS) is 20.5. The molecule has 0 bridgehead atoms. The number of benzene rings is 1. The van der Waals surface area contributed by atoms with Gasteiger partial charge in [-0.15, -0.1) is 17.5 Å². The number of fused-ring (bicyclic) bond motifs is 1. The van der Waals surface area contributed by atoms with Gasteiger partial charge in [0.1, 0.15) is 11.9 Å². The zero-order chi connectivity index (χ0) is 19.6. The minimum Gasteiger partial charge on any atom is -0.445 e. The van der Waals surface area contributed by atoms with E-state index in [1.165, 1.54) is 6.20 Å². The number of halogens is 3. The smallest absolute Gasteiger partial charge is 0.410 e. The van der Waals surface area contributed by atoms with Crippen LogP contribution in [0, 0.1) is 5.92 Å². The second-order valence-corrected chi connectivity index (χ2v) is 7.34. The van der Waals surface area contributed by atoms with Crippen molar-refractivity contribution in [3.8, 4) is 0 Å². The molecule has 1 aromatic heterocycles. The van der Waals surface area contributed by atoms with Gasteiger partial charge in [0.25, 0.3) is 5.92 Å². The quantitative estimate of drug-likeness (QED) is 0.812. The van der Waals surface area contributed by atoms with E-state index in [9.17, 15) is 13.6 Å². The van der Waals surface area contributed by atoms with Gasteiger partial charge < -0.3 is 15.0 Å². The van der Waals surface area contributed by atoms with Crippen LogP contribution in [0.15, 0.2) is 42.6 Å². The molecule has 0 spiro atoms. The van der Waals surface area contributed by atoms with Crippen LogP contribution in [-0.2, 0) is 17.6 Å². The van der Waals surface area contributed by atoms with Crippen molar-refractivity contribution in [2.45, 2.75) is 31.3 Å². The molecular formula is C20H23ClF2N4O2. The van der Waals surface area contributed by atoms with Crippen LogP contribution in [0.3, 0.4) is 0 Å². The van der Waals surface area contributed by atoms with Crippen molar-refractivity contribution < 1.29 is 18.3 Å². The number of nitrogens with one attached hydrogen (secondary N) is 1. The van der Waals surface area contributed by atoms with Crippen molar-refractivity contribution in [2.75, 3.05) is 25.0 Å². The molecule has 0 radical (unpaired) electrons. The van der Waals surface area contributed by atoms with E-state index in [-0.39, 0.29) is 38.0 Å². The minimum atomic E-state index is -2.99. The number of likely N-dealkylation sites (tertiary alicyclic amines) is 1. The number of amides is 1. The SMILES string of the molecule is Cl.O=C(OC1Cc2ccccc2C1)N1CCC(CNc2cccnn2)C(F)(F)C1. The van der Waals surface area contributed by atoms with E-state index in [0.717, 1.165) is 16.0 Å². The van der Waals surface area contributed by atoms with Crippen LogP contribution in [0.5, 0.6) is 0 Å². The summed E-state index contributed by atoms with van der Waals surface area (Å²) in [5.41, 5.74) is 2.30. The van der Waals surface area contributed by atoms with E-state index in [2.05, 4.69) is 15.5 Å². The number of carbonyl (C=O) groups is 1. The van der Waals surface area contributed by atoms with Crippen LogP contribution in [0.25, 0.3) is 0 Å². The largest absolute Gasteiger partial charge is 0.445 e. The molecule has 2 aromatic rings. The first-order valence-corrected chi connectivity index (χ1v) is 9.43. The third-order valence-corrected chi connectivity index (χ3v) is 5.39. The maximum atomic E-state index is 14.6. The molecule has 4 rings (SSSR count). The lowest BCUT2D eigenvalue weighted by Gasteiger charge is -2.38. The number of aromatic nitrogens is 2. The fourth-order valence-corrected chi connectivity index (χ4v) is 3.84. The van der Waals surface area contributed by atoms with Crippen LogP contribution in [-0.4, -0.2) is 52.9 Å². The molecule has 29 heavy (non-hydrogen) atoms. The molecule has 1 fully saturated rings. The number of rotatable bonds is 4. The molecule has 1 aliphatic heterocycles. The third kappa shape index (κ3) is 4.93. The molecule has 1 N–H and O–H groups in total. The fraction of sp³-hybridized carbons (Fsp3) is 0.450. The first-order valence-electron chi connectivity index (χ1n) is 9.43. The van der Waals surface area contributed by atoms with Crippen molar-refractivity contribution >= 4 is 24.3 Å². The lowest BCUT2D eigenvalue weighted by molar-refractivity contribution is -0.103. The fourth-order valence-electron chi connectivity index (χ4n) is 3.84. The van der Waals surface area contributed by atoms with E-state index in [1.807, 2.05) is 24.3 Å². The van der Waals surface area contributed by atoms with Crippen LogP contribution in [0.4, 0.5) is 19.4 Å². The molecule has 2 aliphatic rings. The first-order chi connectivity index (χ1) is 13.5. The first kappa shape index (κ1) is 21.2. The molecule has 0 saturated carbocycles. The Morgan fingerprint density at radius 3 is 2.55 bits per heavy atom. The molecule has 9 heteroatoms. The Morgan fingerprint density at radius 2 is 1.93 bits per heavy atom. The number of alkyl halides is 2. The summed E-state index contributed by atoms with van der Waals surface area (Å²) in [5, 5.41) is 10.4. The molecule has 1 amide bonds. The number of piperidine rings is 1. The maximum Gasteiger partial charge on any atom is 0.410 e. The van der Waals surface area contributed by atoms with Crippen LogP contribution in [0.2, 0.25) is 0 Å². The Balaban J connectivity index is 0.00000240. The van der Waals surface area contributed by atoms with E-state index in [0.29, 0.717) is 18.7 Å². The van der Waals surface area contributed by atoms with Crippen LogP contribution >= 0.6 is 12.4 Å². The van der Waals surface area contributed by atoms with Gasteiger partial charge in [-0.05, 0) is 29.7 Å². The predicted octanol–water partition coefficient (Wildman–Crippen LogP) is 3.57. The van der Waals surface area contributed by atoms with Gasteiger partial charge in [0.2, 0.25) is 0 Å². The zero-order valence-electron chi connectivity index (χ0n) is 15.8. The van der Waals surface area contributed by atoms with Crippen LogP contribution in [0.1, 0.15) is 17.5 Å². The predicted molar refractivity (Wildman–Crippen MR) is 107 cm³/mol. The summed E-state index contributed by atoms with van der Waals surface area (Å²) in [5.74, 6) is -3.42. The lowest BCUT2D eigenvalue weighted by atomic mass is 9.93. The van der Waals surface area contributed by atoms with Crippen LogP contribution < -0.4 is 5.32 Å². The summed E-state index contributed by atoms with van der Waals surface area (Å²) in [6.07, 6.45) is 2.05. The Labute approximate surface area is 174 Å². The molecule has 2 heterocycles. The number of anilines is 1. The summed E-state index contributed by atoms with van der Waals surface area (Å²) in [7, 11) is 0. The number of ether oxygens (including phenoxy) is 1. The molecule has 156 valence electrons. The molecule has 1 aliphatic carbocycles. The maximum absolute atomic E-state index is 14.6. The van der Waals surface area contributed by atoms with Crippen molar-refractivity contribution in [2.24, 2.45) is 5.92 Å². The number of nitrogens with zero attached hydrogens (tertiary/aromatic N) is 3. The van der Waals surface area contributed by atoms with Gasteiger partial charge in [-0.1, -0.05) is 24.3 Å². The Morgan fingerprint density at radius 1 is 1.21 bits per heavy atom. The topological polar surface area (TPSA) is 67.3 Å². The van der Waals surface area contributed by atoms with E-state index in [4.69, 9.17) is 4.74 Å². The van der Waals surface area contributed by atoms with E-state index in [1.54, 1.807) is 12.1 Å². The Bertz CT molecular complexity index is 815. The summed E-state index contributed by atoms with van der Waals surface area (Å²) in [6.45, 7) is -0.300. The van der Waals surface area contributed by atoms with Gasteiger partial charge in [0.15, 0.2) is 0 Å². The van der Waals surface area contributed by atoms with Crippen molar-refractivity contribution in [1.29, 1.82) is 0 Å². The zero-order valence-corrected chi connectivity index (χ0v) is 16.6. The van der Waals surface area contributed by atoms with Gasteiger partial charge >= 0.3 is 6.09 Å².